The summed E-state index contributed by atoms with van der Waals surface area (Å²) in [5.41, 5.74) is 2.04. The summed E-state index contributed by atoms with van der Waals surface area (Å²) in [4.78, 5) is 0. The molecular formula is C16H18BrNO3. The number of methoxy groups -OCH3 is 3. The molecule has 0 aliphatic heterocycles. The lowest BCUT2D eigenvalue weighted by Crippen LogP contribution is -2.04. The number of anilines is 1. The third-order valence-electron chi connectivity index (χ3n) is 3.11. The Morgan fingerprint density at radius 1 is 0.857 bits per heavy atom. The quantitative estimate of drug-likeness (QED) is 0.850. The van der Waals surface area contributed by atoms with E-state index in [1.165, 1.54) is 0 Å². The second kappa shape index (κ2) is 7.22. The maximum atomic E-state index is 5.46. The van der Waals surface area contributed by atoms with E-state index in [2.05, 4.69) is 21.2 Å². The number of halogens is 1. The van der Waals surface area contributed by atoms with E-state index in [0.29, 0.717) is 23.8 Å². The third-order valence-corrected chi connectivity index (χ3v) is 3.64. The second-order valence-corrected chi connectivity index (χ2v) is 5.27. The summed E-state index contributed by atoms with van der Waals surface area (Å²) in [6.45, 7) is 0.630. The SMILES string of the molecule is COc1ccc(CNc2ccc(Br)cc2)c(OC)c1OC. The maximum absolute atomic E-state index is 5.46. The molecule has 112 valence electrons. The Balaban J connectivity index is 2.21. The van der Waals surface area contributed by atoms with Crippen molar-refractivity contribution in [3.8, 4) is 17.2 Å². The topological polar surface area (TPSA) is 39.7 Å². The highest BCUT2D eigenvalue weighted by atomic mass is 79.9. The van der Waals surface area contributed by atoms with Gasteiger partial charge >= 0.3 is 0 Å². The number of benzene rings is 2. The van der Waals surface area contributed by atoms with Gasteiger partial charge < -0.3 is 19.5 Å². The molecule has 2 rings (SSSR count). The van der Waals surface area contributed by atoms with Gasteiger partial charge in [0.15, 0.2) is 11.5 Å². The number of rotatable bonds is 6. The molecule has 5 heteroatoms. The fourth-order valence-electron chi connectivity index (χ4n) is 2.07. The van der Waals surface area contributed by atoms with Crippen LogP contribution in [0.4, 0.5) is 5.69 Å². The van der Waals surface area contributed by atoms with Gasteiger partial charge in [-0.1, -0.05) is 15.9 Å². The van der Waals surface area contributed by atoms with Crippen LogP contribution in [0.2, 0.25) is 0 Å². The van der Waals surface area contributed by atoms with Crippen molar-refractivity contribution in [2.45, 2.75) is 6.54 Å². The fraction of sp³-hybridized carbons (Fsp3) is 0.250. The number of hydrogen-bond acceptors (Lipinski definition) is 4. The molecule has 2 aromatic rings. The van der Waals surface area contributed by atoms with Crippen LogP contribution in [0.1, 0.15) is 5.56 Å². The van der Waals surface area contributed by atoms with Crippen LogP contribution in [-0.2, 0) is 6.54 Å². The molecule has 0 saturated carbocycles. The molecule has 0 bridgehead atoms. The zero-order valence-electron chi connectivity index (χ0n) is 12.3. The van der Waals surface area contributed by atoms with Crippen LogP contribution in [0, 0.1) is 0 Å². The number of ether oxygens (including phenoxy) is 3. The highest BCUT2D eigenvalue weighted by Crippen LogP contribution is 2.39. The molecule has 0 heterocycles. The molecule has 0 radical (unpaired) electrons. The van der Waals surface area contributed by atoms with Gasteiger partial charge in [-0.3, -0.25) is 0 Å². The van der Waals surface area contributed by atoms with Crippen LogP contribution in [-0.4, -0.2) is 21.3 Å². The van der Waals surface area contributed by atoms with Crippen molar-refractivity contribution in [1.82, 2.24) is 0 Å². The van der Waals surface area contributed by atoms with E-state index >= 15 is 0 Å². The number of hydrogen-bond donors (Lipinski definition) is 1. The molecule has 0 saturated heterocycles. The Kier molecular flexibility index (Phi) is 5.33. The summed E-state index contributed by atoms with van der Waals surface area (Å²) >= 11 is 3.42. The van der Waals surface area contributed by atoms with Crippen molar-refractivity contribution >= 4 is 21.6 Å². The molecule has 0 aromatic heterocycles. The average molecular weight is 352 g/mol. The summed E-state index contributed by atoms with van der Waals surface area (Å²) in [7, 11) is 4.84. The molecule has 0 aliphatic rings. The summed E-state index contributed by atoms with van der Waals surface area (Å²) in [6.07, 6.45) is 0. The lowest BCUT2D eigenvalue weighted by atomic mass is 10.1. The molecule has 0 spiro atoms. The molecule has 0 amide bonds. The molecule has 1 N–H and O–H groups in total. The maximum Gasteiger partial charge on any atom is 0.203 e. The first-order valence-electron chi connectivity index (χ1n) is 6.47. The lowest BCUT2D eigenvalue weighted by Gasteiger charge is -2.16. The van der Waals surface area contributed by atoms with E-state index in [-0.39, 0.29) is 0 Å². The van der Waals surface area contributed by atoms with E-state index in [9.17, 15) is 0 Å². The monoisotopic (exact) mass is 351 g/mol. The number of nitrogens with one attached hydrogen (secondary N) is 1. The third kappa shape index (κ3) is 3.61. The Hall–Kier alpha value is -1.88. The summed E-state index contributed by atoms with van der Waals surface area (Å²) in [6, 6.07) is 11.9. The van der Waals surface area contributed by atoms with Crippen LogP contribution < -0.4 is 19.5 Å². The van der Waals surface area contributed by atoms with Crippen LogP contribution in [0.3, 0.4) is 0 Å². The van der Waals surface area contributed by atoms with Crippen LogP contribution >= 0.6 is 15.9 Å². The van der Waals surface area contributed by atoms with Crippen molar-refractivity contribution in [3.63, 3.8) is 0 Å². The van der Waals surface area contributed by atoms with Gasteiger partial charge in [0.2, 0.25) is 5.75 Å². The average Bonchev–Trinajstić information content (AvgIpc) is 2.53. The Bertz CT molecular complexity index is 599. The van der Waals surface area contributed by atoms with Gasteiger partial charge in [-0.15, -0.1) is 0 Å². The predicted octanol–water partition coefficient (Wildman–Crippen LogP) is 4.09. The lowest BCUT2D eigenvalue weighted by molar-refractivity contribution is 0.322. The van der Waals surface area contributed by atoms with Gasteiger partial charge in [0, 0.05) is 22.3 Å². The normalized spacial score (nSPS) is 10.1. The Morgan fingerprint density at radius 2 is 1.52 bits per heavy atom. The largest absolute Gasteiger partial charge is 0.493 e. The summed E-state index contributed by atoms with van der Waals surface area (Å²) in [5, 5.41) is 3.35. The first kappa shape index (κ1) is 15.5. The minimum atomic E-state index is 0.607. The second-order valence-electron chi connectivity index (χ2n) is 4.35. The van der Waals surface area contributed by atoms with Gasteiger partial charge in [-0.05, 0) is 36.4 Å². The van der Waals surface area contributed by atoms with Gasteiger partial charge in [-0.2, -0.15) is 0 Å². The molecule has 2 aromatic carbocycles. The van der Waals surface area contributed by atoms with Crippen molar-refractivity contribution in [3.05, 3.63) is 46.4 Å². The summed E-state index contributed by atoms with van der Waals surface area (Å²) < 4.78 is 17.2. The minimum absolute atomic E-state index is 0.607. The van der Waals surface area contributed by atoms with Gasteiger partial charge in [0.1, 0.15) is 0 Å². The molecule has 0 fully saturated rings. The zero-order chi connectivity index (χ0) is 15.2. The molecule has 21 heavy (non-hydrogen) atoms. The van der Waals surface area contributed by atoms with E-state index in [4.69, 9.17) is 14.2 Å². The Morgan fingerprint density at radius 3 is 2.10 bits per heavy atom. The van der Waals surface area contributed by atoms with Gasteiger partial charge in [0.25, 0.3) is 0 Å². The molecule has 4 nitrogen and oxygen atoms in total. The van der Waals surface area contributed by atoms with Crippen LogP contribution in [0.25, 0.3) is 0 Å². The van der Waals surface area contributed by atoms with Crippen molar-refractivity contribution < 1.29 is 14.2 Å². The standard InChI is InChI=1S/C16H18BrNO3/c1-19-14-9-4-11(15(20-2)16(14)21-3)10-18-13-7-5-12(17)6-8-13/h4-9,18H,10H2,1-3H3. The highest BCUT2D eigenvalue weighted by molar-refractivity contribution is 9.10. The van der Waals surface area contributed by atoms with Crippen molar-refractivity contribution in [2.24, 2.45) is 0 Å². The molecular weight excluding hydrogens is 334 g/mol. The fourth-order valence-corrected chi connectivity index (χ4v) is 2.33. The van der Waals surface area contributed by atoms with Crippen molar-refractivity contribution in [1.29, 1.82) is 0 Å². The zero-order valence-corrected chi connectivity index (χ0v) is 13.9. The van der Waals surface area contributed by atoms with Crippen LogP contribution in [0.5, 0.6) is 17.2 Å². The van der Waals surface area contributed by atoms with Gasteiger partial charge in [-0.25, -0.2) is 0 Å². The van der Waals surface area contributed by atoms with E-state index in [1.54, 1.807) is 21.3 Å². The van der Waals surface area contributed by atoms with Crippen molar-refractivity contribution in [2.75, 3.05) is 26.6 Å². The summed E-state index contributed by atoms with van der Waals surface area (Å²) in [5.74, 6) is 1.94. The Labute approximate surface area is 133 Å². The minimum Gasteiger partial charge on any atom is -0.493 e. The smallest absolute Gasteiger partial charge is 0.203 e. The molecule has 0 unspecified atom stereocenters. The predicted molar refractivity (Wildman–Crippen MR) is 87.6 cm³/mol. The van der Waals surface area contributed by atoms with E-state index in [0.717, 1.165) is 15.7 Å². The van der Waals surface area contributed by atoms with Gasteiger partial charge in [0.05, 0.1) is 21.3 Å². The van der Waals surface area contributed by atoms with E-state index in [1.807, 2.05) is 36.4 Å². The van der Waals surface area contributed by atoms with Crippen LogP contribution in [0.15, 0.2) is 40.9 Å². The molecule has 0 atom stereocenters. The first-order valence-corrected chi connectivity index (χ1v) is 7.26. The first-order chi connectivity index (χ1) is 10.2. The van der Waals surface area contributed by atoms with E-state index < -0.39 is 0 Å². The molecule has 0 aliphatic carbocycles. The highest BCUT2D eigenvalue weighted by Gasteiger charge is 2.15.